The lowest BCUT2D eigenvalue weighted by molar-refractivity contribution is -0.134. The first-order valence-electron chi connectivity index (χ1n) is 7.83. The van der Waals surface area contributed by atoms with Crippen molar-refractivity contribution in [2.75, 3.05) is 20.6 Å². The number of benzene rings is 1. The third-order valence-corrected chi connectivity index (χ3v) is 5.95. The molecular weight excluding hydrogens is 330 g/mol. The fourth-order valence-electron chi connectivity index (χ4n) is 2.78. The number of hydrogen-bond donors (Lipinski definition) is 1. The van der Waals surface area contributed by atoms with E-state index >= 15 is 0 Å². The number of sulfonamides is 1. The fraction of sp³-hybridized carbons (Fsp3) is 0.500. The zero-order chi connectivity index (χ0) is 17.9. The molecule has 1 fully saturated rings. The number of nitrogens with zero attached hydrogens (tertiary/aromatic N) is 2. The molecule has 1 aliphatic rings. The Hall–Kier alpha value is -1.93. The quantitative estimate of drug-likeness (QED) is 0.832. The van der Waals surface area contributed by atoms with Crippen molar-refractivity contribution in [2.45, 2.75) is 36.7 Å². The van der Waals surface area contributed by atoms with Gasteiger partial charge in [-0.15, -0.1) is 0 Å². The molecule has 1 aliphatic heterocycles. The van der Waals surface area contributed by atoms with Crippen LogP contribution in [0.15, 0.2) is 35.2 Å². The zero-order valence-electron chi connectivity index (χ0n) is 14.1. The van der Waals surface area contributed by atoms with E-state index in [1.54, 1.807) is 39.2 Å². The van der Waals surface area contributed by atoms with Crippen LogP contribution in [0.4, 0.5) is 0 Å². The highest BCUT2D eigenvalue weighted by atomic mass is 32.2. The highest BCUT2D eigenvalue weighted by molar-refractivity contribution is 7.89. The molecule has 8 heteroatoms. The van der Waals surface area contributed by atoms with Crippen LogP contribution in [0.2, 0.25) is 0 Å². The van der Waals surface area contributed by atoms with E-state index in [0.29, 0.717) is 19.4 Å². The Kier molecular flexibility index (Phi) is 5.61. The Labute approximate surface area is 142 Å². The van der Waals surface area contributed by atoms with Gasteiger partial charge in [-0.05, 0) is 31.9 Å². The van der Waals surface area contributed by atoms with E-state index in [0.717, 1.165) is 0 Å². The molecule has 1 saturated heterocycles. The van der Waals surface area contributed by atoms with Crippen LogP contribution in [-0.4, -0.2) is 62.2 Å². The lowest BCUT2D eigenvalue weighted by Crippen LogP contribution is -2.51. The van der Waals surface area contributed by atoms with Crippen LogP contribution in [0.5, 0.6) is 0 Å². The van der Waals surface area contributed by atoms with Crippen LogP contribution in [0, 0.1) is 0 Å². The lowest BCUT2D eigenvalue weighted by atomic mass is 10.2. The summed E-state index contributed by atoms with van der Waals surface area (Å²) >= 11 is 0. The fourth-order valence-corrected chi connectivity index (χ4v) is 4.45. The third-order valence-electron chi connectivity index (χ3n) is 4.03. The van der Waals surface area contributed by atoms with Gasteiger partial charge >= 0.3 is 0 Å². The summed E-state index contributed by atoms with van der Waals surface area (Å²) in [6, 6.07) is 6.58. The van der Waals surface area contributed by atoms with Crippen molar-refractivity contribution in [3.8, 4) is 0 Å². The molecule has 0 aromatic heterocycles. The van der Waals surface area contributed by atoms with Gasteiger partial charge in [-0.25, -0.2) is 8.42 Å². The molecule has 0 bridgehead atoms. The van der Waals surface area contributed by atoms with Crippen LogP contribution < -0.4 is 5.32 Å². The molecule has 1 aromatic carbocycles. The van der Waals surface area contributed by atoms with Gasteiger partial charge in [-0.3, -0.25) is 9.59 Å². The van der Waals surface area contributed by atoms with Gasteiger partial charge in [0.1, 0.15) is 12.1 Å². The first kappa shape index (κ1) is 18.4. The number of amides is 2. The summed E-state index contributed by atoms with van der Waals surface area (Å²) in [4.78, 5) is 25.9. The molecule has 2 rings (SSSR count). The first-order chi connectivity index (χ1) is 11.2. The highest BCUT2D eigenvalue weighted by Gasteiger charge is 2.40. The number of rotatable bonds is 5. The van der Waals surface area contributed by atoms with Gasteiger partial charge in [-0.1, -0.05) is 18.2 Å². The number of likely N-dealkylation sites (N-methyl/N-ethyl adjacent to an activating group) is 1. The molecule has 0 unspecified atom stereocenters. The summed E-state index contributed by atoms with van der Waals surface area (Å²) in [7, 11) is -0.520. The Bertz CT molecular complexity index is 703. The first-order valence-corrected chi connectivity index (χ1v) is 9.27. The van der Waals surface area contributed by atoms with E-state index in [2.05, 4.69) is 5.32 Å². The minimum absolute atomic E-state index is 0.169. The number of hydrogen-bond acceptors (Lipinski definition) is 4. The van der Waals surface area contributed by atoms with Gasteiger partial charge in [0.2, 0.25) is 21.8 Å². The number of carbonyl (C=O) groups is 2. The summed E-state index contributed by atoms with van der Waals surface area (Å²) in [5.41, 5.74) is 0. The van der Waals surface area contributed by atoms with E-state index in [1.807, 2.05) is 0 Å². The minimum atomic E-state index is -3.73. The normalized spacial score (nSPS) is 19.7. The number of nitrogens with one attached hydrogen (secondary N) is 1. The van der Waals surface area contributed by atoms with E-state index in [4.69, 9.17) is 0 Å². The van der Waals surface area contributed by atoms with E-state index in [-0.39, 0.29) is 10.8 Å². The van der Waals surface area contributed by atoms with E-state index < -0.39 is 28.0 Å². The second-order valence-electron chi connectivity index (χ2n) is 6.05. The molecule has 0 spiro atoms. The van der Waals surface area contributed by atoms with Gasteiger partial charge in [0.15, 0.2) is 0 Å². The summed E-state index contributed by atoms with van der Waals surface area (Å²) in [6.07, 6.45) is 1.06. The maximum absolute atomic E-state index is 12.7. The van der Waals surface area contributed by atoms with Gasteiger partial charge in [0.25, 0.3) is 0 Å². The molecule has 0 radical (unpaired) electrons. The predicted molar refractivity (Wildman–Crippen MR) is 89.7 cm³/mol. The summed E-state index contributed by atoms with van der Waals surface area (Å²) < 4.78 is 26.7. The number of carbonyl (C=O) groups excluding carboxylic acids is 2. The molecular formula is C16H23N3O4S. The average Bonchev–Trinajstić information content (AvgIpc) is 3.05. The van der Waals surface area contributed by atoms with E-state index in [1.165, 1.54) is 21.3 Å². The Balaban J connectivity index is 2.16. The van der Waals surface area contributed by atoms with Crippen LogP contribution in [0.25, 0.3) is 0 Å². The van der Waals surface area contributed by atoms with Gasteiger partial charge in [-0.2, -0.15) is 4.31 Å². The van der Waals surface area contributed by atoms with Gasteiger partial charge in [0, 0.05) is 20.6 Å². The highest BCUT2D eigenvalue weighted by Crippen LogP contribution is 2.26. The van der Waals surface area contributed by atoms with Crippen molar-refractivity contribution in [3.05, 3.63) is 30.3 Å². The van der Waals surface area contributed by atoms with E-state index in [9.17, 15) is 18.0 Å². The maximum atomic E-state index is 12.7. The molecule has 0 saturated carbocycles. The monoisotopic (exact) mass is 353 g/mol. The molecule has 1 heterocycles. The predicted octanol–water partition coefficient (Wildman–Crippen LogP) is 0.433. The molecule has 1 aromatic rings. The summed E-state index contributed by atoms with van der Waals surface area (Å²) in [5, 5.41) is 2.62. The standard InChI is InChI=1S/C16H23N3O4S/c1-12(16(21)18(2)3)17-15(20)14-10-7-11-19(14)24(22,23)13-8-5-4-6-9-13/h4-6,8-9,12,14H,7,10-11H2,1-3H3,(H,17,20)/t12-,14+/m1/s1. The molecule has 24 heavy (non-hydrogen) atoms. The Morgan fingerprint density at radius 2 is 1.88 bits per heavy atom. The van der Waals surface area contributed by atoms with Gasteiger partial charge in [0.05, 0.1) is 4.90 Å². The lowest BCUT2D eigenvalue weighted by Gasteiger charge is -2.25. The molecule has 1 N–H and O–H groups in total. The maximum Gasteiger partial charge on any atom is 0.244 e. The topological polar surface area (TPSA) is 86.8 Å². The zero-order valence-corrected chi connectivity index (χ0v) is 14.9. The second kappa shape index (κ2) is 7.31. The molecule has 2 amide bonds. The smallest absolute Gasteiger partial charge is 0.244 e. The molecule has 7 nitrogen and oxygen atoms in total. The van der Waals surface area contributed by atoms with Crippen LogP contribution in [0.1, 0.15) is 19.8 Å². The van der Waals surface area contributed by atoms with Crippen LogP contribution in [0.3, 0.4) is 0 Å². The minimum Gasteiger partial charge on any atom is -0.347 e. The van der Waals surface area contributed by atoms with Crippen molar-refractivity contribution >= 4 is 21.8 Å². The van der Waals surface area contributed by atoms with Crippen molar-refractivity contribution < 1.29 is 18.0 Å². The SMILES string of the molecule is C[C@@H](NC(=O)[C@@H]1CCCN1S(=O)(=O)c1ccccc1)C(=O)N(C)C. The van der Waals surface area contributed by atoms with Crippen LogP contribution in [-0.2, 0) is 19.6 Å². The van der Waals surface area contributed by atoms with Crippen LogP contribution >= 0.6 is 0 Å². The largest absolute Gasteiger partial charge is 0.347 e. The second-order valence-corrected chi connectivity index (χ2v) is 7.94. The molecule has 2 atom stereocenters. The Morgan fingerprint density at radius 1 is 1.25 bits per heavy atom. The van der Waals surface area contributed by atoms with Crippen molar-refractivity contribution in [3.63, 3.8) is 0 Å². The van der Waals surface area contributed by atoms with Crippen molar-refractivity contribution in [1.82, 2.24) is 14.5 Å². The summed E-state index contributed by atoms with van der Waals surface area (Å²) in [5.74, 6) is -0.673. The van der Waals surface area contributed by atoms with Crippen molar-refractivity contribution in [1.29, 1.82) is 0 Å². The van der Waals surface area contributed by atoms with Gasteiger partial charge < -0.3 is 10.2 Å². The van der Waals surface area contributed by atoms with Crippen molar-refractivity contribution in [2.24, 2.45) is 0 Å². The third kappa shape index (κ3) is 3.76. The average molecular weight is 353 g/mol. The summed E-state index contributed by atoms with van der Waals surface area (Å²) in [6.45, 7) is 1.89. The Morgan fingerprint density at radius 3 is 2.46 bits per heavy atom. The molecule has 132 valence electrons. The molecule has 0 aliphatic carbocycles.